The molecule has 156 valence electrons. The second kappa shape index (κ2) is 14.6. The third-order valence-corrected chi connectivity index (χ3v) is 5.71. The zero-order chi connectivity index (χ0) is 18.6. The smallest absolute Gasteiger partial charge is 0.191 e. The van der Waals surface area contributed by atoms with Crippen LogP contribution in [0.2, 0.25) is 0 Å². The highest BCUT2D eigenvalue weighted by atomic mass is 127. The summed E-state index contributed by atoms with van der Waals surface area (Å²) in [5.41, 5.74) is 0. The first-order valence-electron chi connectivity index (χ1n) is 9.88. The van der Waals surface area contributed by atoms with Crippen molar-refractivity contribution in [1.29, 1.82) is 0 Å². The fourth-order valence-corrected chi connectivity index (χ4v) is 4.00. The molecular weight excluding hydrogens is 473 g/mol. The van der Waals surface area contributed by atoms with Gasteiger partial charge in [-0.1, -0.05) is 19.9 Å². The van der Waals surface area contributed by atoms with Gasteiger partial charge in [-0.25, -0.2) is 0 Å². The molecule has 2 heterocycles. The number of likely N-dealkylation sites (N-methyl/N-ethyl adjacent to an activating group) is 1. The van der Waals surface area contributed by atoms with Crippen molar-refractivity contribution in [3.8, 4) is 0 Å². The van der Waals surface area contributed by atoms with Gasteiger partial charge in [-0.2, -0.15) is 0 Å². The lowest BCUT2D eigenvalue weighted by molar-refractivity contribution is 0.0186. The molecule has 27 heavy (non-hydrogen) atoms. The Morgan fingerprint density at radius 2 is 2.00 bits per heavy atom. The van der Waals surface area contributed by atoms with Gasteiger partial charge < -0.3 is 20.3 Å². The molecule has 0 amide bonds. The minimum atomic E-state index is 0. The molecule has 1 aromatic rings. The number of ether oxygens (including phenoxy) is 1. The monoisotopic (exact) mass is 509 g/mol. The van der Waals surface area contributed by atoms with E-state index in [0.29, 0.717) is 6.04 Å². The Kier molecular flexibility index (Phi) is 13.3. The molecule has 1 aliphatic heterocycles. The second-order valence-electron chi connectivity index (χ2n) is 6.35. The maximum atomic E-state index is 5.52. The van der Waals surface area contributed by atoms with Gasteiger partial charge in [0.1, 0.15) is 0 Å². The van der Waals surface area contributed by atoms with Crippen LogP contribution in [0, 0.1) is 0 Å². The van der Waals surface area contributed by atoms with Crippen LogP contribution in [0.15, 0.2) is 22.5 Å². The van der Waals surface area contributed by atoms with E-state index < -0.39 is 0 Å². The molecule has 1 atom stereocenters. The number of hydrogen-bond donors (Lipinski definition) is 2. The summed E-state index contributed by atoms with van der Waals surface area (Å²) in [7, 11) is 0. The molecular formula is C19H36IN5OS. The number of thiophene rings is 1. The fourth-order valence-electron chi connectivity index (χ4n) is 3.15. The molecule has 1 aliphatic rings. The molecule has 1 fully saturated rings. The molecule has 0 aliphatic carbocycles. The van der Waals surface area contributed by atoms with E-state index in [4.69, 9.17) is 9.73 Å². The molecule has 0 radical (unpaired) electrons. The number of halogens is 1. The summed E-state index contributed by atoms with van der Waals surface area (Å²) in [6.07, 6.45) is 0. The summed E-state index contributed by atoms with van der Waals surface area (Å²) < 4.78 is 5.52. The quantitative estimate of drug-likeness (QED) is 0.289. The van der Waals surface area contributed by atoms with Gasteiger partial charge >= 0.3 is 0 Å². The molecule has 8 heteroatoms. The van der Waals surface area contributed by atoms with E-state index in [0.717, 1.165) is 71.5 Å². The van der Waals surface area contributed by atoms with Crippen LogP contribution in [0.4, 0.5) is 0 Å². The number of nitrogens with zero attached hydrogens (tertiary/aromatic N) is 3. The Bertz CT molecular complexity index is 504. The highest BCUT2D eigenvalue weighted by Gasteiger charge is 2.23. The van der Waals surface area contributed by atoms with Gasteiger partial charge in [-0.05, 0) is 31.5 Å². The second-order valence-corrected chi connectivity index (χ2v) is 7.33. The minimum absolute atomic E-state index is 0. The van der Waals surface area contributed by atoms with Crippen LogP contribution in [0.1, 0.15) is 31.7 Å². The highest BCUT2D eigenvalue weighted by molar-refractivity contribution is 14.0. The van der Waals surface area contributed by atoms with Crippen molar-refractivity contribution < 1.29 is 4.74 Å². The number of aliphatic imine (C=N–C) groups is 1. The van der Waals surface area contributed by atoms with E-state index in [2.05, 4.69) is 58.7 Å². The lowest BCUT2D eigenvalue weighted by Gasteiger charge is -2.33. The third kappa shape index (κ3) is 8.64. The van der Waals surface area contributed by atoms with Crippen LogP contribution in [-0.4, -0.2) is 81.3 Å². The summed E-state index contributed by atoms with van der Waals surface area (Å²) in [5.74, 6) is 0.912. The normalized spacial score (nSPS) is 16.8. The van der Waals surface area contributed by atoms with Crippen LogP contribution in [-0.2, 0) is 4.74 Å². The molecule has 1 saturated heterocycles. The number of rotatable bonds is 10. The minimum Gasteiger partial charge on any atom is -0.379 e. The largest absolute Gasteiger partial charge is 0.379 e. The topological polar surface area (TPSA) is 52.1 Å². The van der Waals surface area contributed by atoms with Crippen molar-refractivity contribution in [3.63, 3.8) is 0 Å². The lowest BCUT2D eigenvalue weighted by Crippen LogP contribution is -2.43. The van der Waals surface area contributed by atoms with Crippen molar-refractivity contribution >= 4 is 41.3 Å². The average Bonchev–Trinajstić information content (AvgIpc) is 3.20. The van der Waals surface area contributed by atoms with Crippen molar-refractivity contribution in [2.24, 2.45) is 4.99 Å². The molecule has 0 aromatic carbocycles. The van der Waals surface area contributed by atoms with Crippen molar-refractivity contribution in [2.75, 3.05) is 65.6 Å². The van der Waals surface area contributed by atoms with Gasteiger partial charge in [0.15, 0.2) is 5.96 Å². The van der Waals surface area contributed by atoms with Crippen molar-refractivity contribution in [2.45, 2.75) is 26.8 Å². The van der Waals surface area contributed by atoms with Gasteiger partial charge in [0.05, 0.1) is 25.8 Å². The molecule has 2 N–H and O–H groups in total. The molecule has 0 saturated carbocycles. The molecule has 1 unspecified atom stereocenters. The van der Waals surface area contributed by atoms with Gasteiger partial charge in [0.25, 0.3) is 0 Å². The Hall–Kier alpha value is -0.420. The van der Waals surface area contributed by atoms with E-state index in [1.165, 1.54) is 4.88 Å². The number of morpholine rings is 1. The third-order valence-electron chi connectivity index (χ3n) is 4.74. The van der Waals surface area contributed by atoms with Gasteiger partial charge in [-0.3, -0.25) is 9.89 Å². The Labute approximate surface area is 185 Å². The fraction of sp³-hybridized carbons (Fsp3) is 0.737. The molecule has 2 rings (SSSR count). The maximum Gasteiger partial charge on any atom is 0.191 e. The van der Waals surface area contributed by atoms with Gasteiger partial charge in [-0.15, -0.1) is 35.3 Å². The zero-order valence-electron chi connectivity index (χ0n) is 16.9. The van der Waals surface area contributed by atoms with Crippen molar-refractivity contribution in [3.05, 3.63) is 22.4 Å². The Morgan fingerprint density at radius 3 is 2.59 bits per heavy atom. The predicted octanol–water partition coefficient (Wildman–Crippen LogP) is 2.64. The van der Waals surface area contributed by atoms with E-state index in [-0.39, 0.29) is 24.0 Å². The summed E-state index contributed by atoms with van der Waals surface area (Å²) in [6.45, 7) is 15.9. The first kappa shape index (κ1) is 24.6. The van der Waals surface area contributed by atoms with Crippen LogP contribution in [0.5, 0.6) is 0 Å². The molecule has 1 aromatic heterocycles. The highest BCUT2D eigenvalue weighted by Crippen LogP contribution is 2.26. The Morgan fingerprint density at radius 1 is 1.26 bits per heavy atom. The summed E-state index contributed by atoms with van der Waals surface area (Å²) in [5, 5.41) is 9.01. The standard InChI is InChI=1S/C19H35N5OS.HI/c1-4-20-19(21-9-10-23(5-2)6-3)22-16-17(18-8-7-15-26-18)24-11-13-25-14-12-24;/h7-8,15,17H,4-6,9-14,16H2,1-3H3,(H2,20,21,22);1H. The Balaban J connectivity index is 0.00000364. The zero-order valence-corrected chi connectivity index (χ0v) is 20.1. The van der Waals surface area contributed by atoms with E-state index in [1.807, 2.05) is 11.3 Å². The number of hydrogen-bond acceptors (Lipinski definition) is 5. The summed E-state index contributed by atoms with van der Waals surface area (Å²) in [4.78, 5) is 11.2. The van der Waals surface area contributed by atoms with Crippen molar-refractivity contribution in [1.82, 2.24) is 20.4 Å². The first-order chi connectivity index (χ1) is 12.8. The summed E-state index contributed by atoms with van der Waals surface area (Å²) >= 11 is 1.82. The summed E-state index contributed by atoms with van der Waals surface area (Å²) in [6, 6.07) is 4.68. The molecule has 0 bridgehead atoms. The van der Waals surface area contributed by atoms with Crippen LogP contribution in [0.25, 0.3) is 0 Å². The maximum absolute atomic E-state index is 5.52. The first-order valence-corrected chi connectivity index (χ1v) is 10.8. The SMILES string of the molecule is CCNC(=NCC(c1cccs1)N1CCOCC1)NCCN(CC)CC.I. The molecule has 0 spiro atoms. The lowest BCUT2D eigenvalue weighted by atomic mass is 10.2. The van der Waals surface area contributed by atoms with E-state index in [9.17, 15) is 0 Å². The number of guanidine groups is 1. The van der Waals surface area contributed by atoms with Crippen LogP contribution < -0.4 is 10.6 Å². The van der Waals surface area contributed by atoms with Crippen LogP contribution >= 0.6 is 35.3 Å². The molecule has 6 nitrogen and oxygen atoms in total. The predicted molar refractivity (Wildman–Crippen MR) is 127 cm³/mol. The average molecular weight is 510 g/mol. The van der Waals surface area contributed by atoms with Gasteiger partial charge in [0.2, 0.25) is 0 Å². The number of nitrogens with one attached hydrogen (secondary N) is 2. The van der Waals surface area contributed by atoms with E-state index in [1.54, 1.807) is 0 Å². The van der Waals surface area contributed by atoms with Crippen LogP contribution in [0.3, 0.4) is 0 Å². The van der Waals surface area contributed by atoms with Gasteiger partial charge in [0, 0.05) is 37.6 Å². The van der Waals surface area contributed by atoms with E-state index >= 15 is 0 Å².